The van der Waals surface area contributed by atoms with Gasteiger partial charge in [-0.2, -0.15) is 31.4 Å². The first-order valence-corrected chi connectivity index (χ1v) is 10.9. The van der Waals surface area contributed by atoms with Gasteiger partial charge in [-0.25, -0.2) is 0 Å². The summed E-state index contributed by atoms with van der Waals surface area (Å²) < 4.78 is 77.1. The lowest BCUT2D eigenvalue weighted by atomic mass is 9.94. The van der Waals surface area contributed by atoms with Gasteiger partial charge in [0.25, 0.3) is 0 Å². The number of rotatable bonds is 5. The number of carbonyl (C=O) groups excluding carboxylic acids is 1. The molecule has 1 N–H and O–H groups in total. The van der Waals surface area contributed by atoms with Crippen molar-refractivity contribution in [1.82, 2.24) is 9.99 Å². The summed E-state index contributed by atoms with van der Waals surface area (Å²) in [6, 6.07) is 12.9. The number of hydrogen-bond donors (Lipinski definition) is 1. The van der Waals surface area contributed by atoms with Crippen molar-refractivity contribution in [3.63, 3.8) is 0 Å². The van der Waals surface area contributed by atoms with Gasteiger partial charge >= 0.3 is 12.4 Å². The predicted molar refractivity (Wildman–Crippen MR) is 122 cm³/mol. The summed E-state index contributed by atoms with van der Waals surface area (Å²) in [4.78, 5) is 16.5. The van der Waals surface area contributed by atoms with Gasteiger partial charge in [0.2, 0.25) is 5.91 Å². The minimum atomic E-state index is -4.53. The minimum Gasteiger partial charge on any atom is -0.324 e. The molecule has 1 aliphatic heterocycles. The Labute approximate surface area is 206 Å². The maximum absolute atomic E-state index is 13.0. The number of hydrogen-bond acceptors (Lipinski definition) is 4. The van der Waals surface area contributed by atoms with E-state index < -0.39 is 35.3 Å². The van der Waals surface area contributed by atoms with E-state index in [1.165, 1.54) is 11.1 Å². The van der Waals surface area contributed by atoms with Crippen LogP contribution in [0.1, 0.15) is 28.3 Å². The molecule has 2 aromatic carbocycles. The second-order valence-electron chi connectivity index (χ2n) is 7.98. The fourth-order valence-electron chi connectivity index (χ4n) is 3.66. The summed E-state index contributed by atoms with van der Waals surface area (Å²) in [5.74, 6) is -1.07. The van der Waals surface area contributed by atoms with Crippen LogP contribution >= 0.6 is 11.6 Å². The Morgan fingerprint density at radius 3 is 2.08 bits per heavy atom. The molecule has 12 heteroatoms. The fourth-order valence-corrected chi connectivity index (χ4v) is 3.79. The largest absolute Gasteiger partial charge is 0.417 e. The van der Waals surface area contributed by atoms with E-state index in [4.69, 9.17) is 11.6 Å². The highest BCUT2D eigenvalue weighted by Crippen LogP contribution is 2.32. The molecule has 1 unspecified atom stereocenters. The predicted octanol–water partition coefficient (Wildman–Crippen LogP) is 6.21. The number of anilines is 1. The molecule has 1 amide bonds. The molecule has 0 aliphatic carbocycles. The monoisotopic (exact) mass is 526 g/mol. The number of nitrogens with one attached hydrogen (secondary N) is 1. The van der Waals surface area contributed by atoms with E-state index in [0.717, 1.165) is 36.5 Å². The maximum Gasteiger partial charge on any atom is 0.417 e. The van der Waals surface area contributed by atoms with E-state index in [2.05, 4.69) is 15.4 Å². The summed E-state index contributed by atoms with van der Waals surface area (Å²) in [6.45, 7) is -0.0913. The first kappa shape index (κ1) is 25.5. The van der Waals surface area contributed by atoms with Crippen molar-refractivity contribution in [3.05, 3.63) is 94.3 Å². The summed E-state index contributed by atoms with van der Waals surface area (Å²) in [5, 5.41) is 8.90. The van der Waals surface area contributed by atoms with Crippen molar-refractivity contribution < 1.29 is 31.1 Å². The highest BCUT2D eigenvalue weighted by Gasteiger charge is 2.34. The van der Waals surface area contributed by atoms with Crippen LogP contribution in [0.15, 0.2) is 72.0 Å². The topological polar surface area (TPSA) is 57.6 Å². The zero-order valence-corrected chi connectivity index (χ0v) is 19.0. The summed E-state index contributed by atoms with van der Waals surface area (Å²) in [6.07, 6.45) is -8.28. The molecule has 0 saturated heterocycles. The SMILES string of the molecule is O=C(CN1CC(c2ccc(C(F)(F)F)cn2)C(c2ccc(Cl)cc2)=N1)Nc1ccc(C(F)(F)F)cc1. The number of benzene rings is 2. The first-order valence-electron chi connectivity index (χ1n) is 10.5. The number of amides is 1. The van der Waals surface area contributed by atoms with Gasteiger partial charge in [-0.1, -0.05) is 23.7 Å². The molecule has 1 aromatic heterocycles. The van der Waals surface area contributed by atoms with Crippen molar-refractivity contribution in [2.45, 2.75) is 18.3 Å². The average molecular weight is 527 g/mol. The lowest BCUT2D eigenvalue weighted by Crippen LogP contribution is -2.29. The van der Waals surface area contributed by atoms with Gasteiger partial charge in [0.05, 0.1) is 35.0 Å². The van der Waals surface area contributed by atoms with Crippen molar-refractivity contribution in [1.29, 1.82) is 0 Å². The molecule has 2 heterocycles. The van der Waals surface area contributed by atoms with Crippen LogP contribution in [-0.2, 0) is 17.1 Å². The molecule has 1 aliphatic rings. The molecule has 188 valence electrons. The molecule has 1 atom stereocenters. The van der Waals surface area contributed by atoms with Gasteiger partial charge in [0.15, 0.2) is 0 Å². The van der Waals surface area contributed by atoms with Gasteiger partial charge in [-0.15, -0.1) is 0 Å². The van der Waals surface area contributed by atoms with E-state index in [-0.39, 0.29) is 18.8 Å². The van der Waals surface area contributed by atoms with E-state index in [1.54, 1.807) is 24.3 Å². The van der Waals surface area contributed by atoms with Crippen molar-refractivity contribution in [3.8, 4) is 0 Å². The Balaban J connectivity index is 1.52. The van der Waals surface area contributed by atoms with Gasteiger partial charge < -0.3 is 5.32 Å². The zero-order valence-electron chi connectivity index (χ0n) is 18.2. The third-order valence-electron chi connectivity index (χ3n) is 5.41. The number of aromatic nitrogens is 1. The summed E-state index contributed by atoms with van der Waals surface area (Å²) in [7, 11) is 0. The number of hydrazone groups is 1. The van der Waals surface area contributed by atoms with Crippen LogP contribution in [0.3, 0.4) is 0 Å². The normalized spacial score (nSPS) is 16.1. The Morgan fingerprint density at radius 2 is 1.53 bits per heavy atom. The molecule has 0 bridgehead atoms. The smallest absolute Gasteiger partial charge is 0.324 e. The van der Waals surface area contributed by atoms with Gasteiger partial charge in [0, 0.05) is 16.9 Å². The van der Waals surface area contributed by atoms with Crippen LogP contribution in [0.25, 0.3) is 0 Å². The van der Waals surface area contributed by atoms with Gasteiger partial charge in [-0.3, -0.25) is 14.8 Å². The second kappa shape index (κ2) is 9.81. The Kier molecular flexibility index (Phi) is 6.94. The Morgan fingerprint density at radius 1 is 0.917 bits per heavy atom. The molecule has 0 fully saturated rings. The molecule has 0 spiro atoms. The highest BCUT2D eigenvalue weighted by molar-refractivity contribution is 6.30. The summed E-state index contributed by atoms with van der Waals surface area (Å²) in [5.41, 5.74) is -0.0819. The van der Waals surface area contributed by atoms with Crippen LogP contribution in [-0.4, -0.2) is 34.7 Å². The van der Waals surface area contributed by atoms with Crippen molar-refractivity contribution in [2.75, 3.05) is 18.4 Å². The third kappa shape index (κ3) is 5.96. The minimum absolute atomic E-state index is 0.150. The molecule has 36 heavy (non-hydrogen) atoms. The van der Waals surface area contributed by atoms with Crippen molar-refractivity contribution >= 4 is 28.9 Å². The molecule has 0 radical (unpaired) electrons. The molecule has 5 nitrogen and oxygen atoms in total. The standard InChI is InChI=1S/C24H17ClF6N4O/c25-17-6-1-14(2-7-17)22-19(20-10-5-16(11-32-20)24(29,30)31)12-35(34-22)13-21(36)33-18-8-3-15(4-9-18)23(26,27)28/h1-11,19H,12-13H2,(H,33,36). The molecule has 3 aromatic rings. The Hall–Kier alpha value is -3.60. The molecular weight excluding hydrogens is 510 g/mol. The van der Waals surface area contributed by atoms with E-state index in [9.17, 15) is 31.1 Å². The lowest BCUT2D eigenvalue weighted by Gasteiger charge is -2.16. The van der Waals surface area contributed by atoms with E-state index in [1.807, 2.05) is 0 Å². The second-order valence-corrected chi connectivity index (χ2v) is 8.42. The fraction of sp³-hybridized carbons (Fsp3) is 0.208. The van der Waals surface area contributed by atoms with E-state index >= 15 is 0 Å². The van der Waals surface area contributed by atoms with Gasteiger partial charge in [-0.05, 0) is 54.1 Å². The Bertz CT molecular complexity index is 1260. The van der Waals surface area contributed by atoms with Crippen LogP contribution in [0, 0.1) is 0 Å². The summed E-state index contributed by atoms with van der Waals surface area (Å²) >= 11 is 5.96. The molecule has 4 rings (SSSR count). The van der Waals surface area contributed by atoms with E-state index in [0.29, 0.717) is 22.0 Å². The number of nitrogens with zero attached hydrogens (tertiary/aromatic N) is 3. The van der Waals surface area contributed by atoms with Crippen LogP contribution in [0.4, 0.5) is 32.0 Å². The van der Waals surface area contributed by atoms with Crippen LogP contribution < -0.4 is 5.32 Å². The quantitative estimate of drug-likeness (QED) is 0.402. The average Bonchev–Trinajstić information content (AvgIpc) is 3.22. The van der Waals surface area contributed by atoms with Gasteiger partial charge in [0.1, 0.15) is 6.54 Å². The number of carbonyl (C=O) groups is 1. The lowest BCUT2D eigenvalue weighted by molar-refractivity contribution is -0.138. The number of alkyl halides is 6. The van der Waals surface area contributed by atoms with Crippen LogP contribution in [0.2, 0.25) is 5.02 Å². The highest BCUT2D eigenvalue weighted by atomic mass is 35.5. The third-order valence-corrected chi connectivity index (χ3v) is 5.66. The number of pyridine rings is 1. The maximum atomic E-state index is 13.0. The van der Waals surface area contributed by atoms with Crippen molar-refractivity contribution in [2.24, 2.45) is 5.10 Å². The first-order chi connectivity index (χ1) is 16.9. The molecule has 0 saturated carbocycles. The number of halogens is 7. The molecular formula is C24H17ClF6N4O. The zero-order chi connectivity index (χ0) is 26.1. The van der Waals surface area contributed by atoms with Crippen LogP contribution in [0.5, 0.6) is 0 Å².